The Hall–Kier alpha value is -0.960. The normalized spacial score (nSPS) is 10.2. The lowest BCUT2D eigenvalue weighted by atomic mass is 10.3. The van der Waals surface area contributed by atoms with Gasteiger partial charge in [-0.3, -0.25) is 0 Å². The Bertz CT molecular complexity index is 514. The van der Waals surface area contributed by atoms with Gasteiger partial charge < -0.3 is 5.32 Å². The maximum absolute atomic E-state index is 5.90. The predicted octanol–water partition coefficient (Wildman–Crippen LogP) is 4.79. The van der Waals surface area contributed by atoms with Gasteiger partial charge in [0.1, 0.15) is 5.15 Å². The SMILES string of the molecule is Clc1cc(Nc2ccc(Cl)c(Cl)c2)ccn1. The Morgan fingerprint density at radius 3 is 2.31 bits per heavy atom. The molecule has 2 nitrogen and oxygen atoms in total. The van der Waals surface area contributed by atoms with Gasteiger partial charge >= 0.3 is 0 Å². The average Bonchev–Trinajstić information content (AvgIpc) is 2.24. The predicted molar refractivity (Wildman–Crippen MR) is 69.0 cm³/mol. The molecule has 2 aromatic rings. The zero-order valence-electron chi connectivity index (χ0n) is 8.05. The molecule has 0 aliphatic heterocycles. The van der Waals surface area contributed by atoms with Crippen molar-refractivity contribution >= 4 is 46.2 Å². The first kappa shape index (κ1) is 11.5. The first-order valence-electron chi connectivity index (χ1n) is 4.49. The van der Waals surface area contributed by atoms with Crippen LogP contribution in [-0.4, -0.2) is 4.98 Å². The largest absolute Gasteiger partial charge is 0.355 e. The van der Waals surface area contributed by atoms with Crippen LogP contribution in [-0.2, 0) is 0 Å². The molecule has 0 aliphatic carbocycles. The van der Waals surface area contributed by atoms with Crippen molar-refractivity contribution in [2.24, 2.45) is 0 Å². The average molecular weight is 274 g/mol. The highest BCUT2D eigenvalue weighted by molar-refractivity contribution is 6.42. The second-order valence-electron chi connectivity index (χ2n) is 3.12. The molecule has 0 fully saturated rings. The van der Waals surface area contributed by atoms with Crippen LogP contribution in [0.15, 0.2) is 36.5 Å². The molecule has 0 atom stereocenters. The van der Waals surface area contributed by atoms with Gasteiger partial charge in [-0.15, -0.1) is 0 Å². The molecule has 1 N–H and O–H groups in total. The molecule has 0 unspecified atom stereocenters. The van der Waals surface area contributed by atoms with Gasteiger partial charge in [-0.1, -0.05) is 34.8 Å². The fourth-order valence-electron chi connectivity index (χ4n) is 1.22. The second kappa shape index (κ2) is 4.91. The highest BCUT2D eigenvalue weighted by Crippen LogP contribution is 2.27. The number of nitrogens with one attached hydrogen (secondary N) is 1. The van der Waals surface area contributed by atoms with Crippen molar-refractivity contribution in [2.75, 3.05) is 5.32 Å². The number of nitrogens with zero attached hydrogens (tertiary/aromatic N) is 1. The van der Waals surface area contributed by atoms with Crippen molar-refractivity contribution in [3.63, 3.8) is 0 Å². The molecule has 1 heterocycles. The minimum absolute atomic E-state index is 0.435. The number of halogens is 3. The number of rotatable bonds is 2. The number of hydrogen-bond acceptors (Lipinski definition) is 2. The summed E-state index contributed by atoms with van der Waals surface area (Å²) in [5.74, 6) is 0. The van der Waals surface area contributed by atoms with Gasteiger partial charge in [-0.2, -0.15) is 0 Å². The standard InChI is InChI=1S/C11H7Cl3N2/c12-9-2-1-7(5-10(9)13)16-8-3-4-15-11(14)6-8/h1-6H,(H,15,16). The van der Waals surface area contributed by atoms with Crippen molar-refractivity contribution in [1.82, 2.24) is 4.98 Å². The molecule has 0 radical (unpaired) electrons. The Kier molecular flexibility index (Phi) is 3.54. The summed E-state index contributed by atoms with van der Waals surface area (Å²) < 4.78 is 0. The third-order valence-electron chi connectivity index (χ3n) is 1.93. The maximum Gasteiger partial charge on any atom is 0.131 e. The van der Waals surface area contributed by atoms with Crippen LogP contribution in [0.2, 0.25) is 15.2 Å². The Balaban J connectivity index is 2.24. The van der Waals surface area contributed by atoms with Crippen molar-refractivity contribution < 1.29 is 0 Å². The lowest BCUT2D eigenvalue weighted by Crippen LogP contribution is -1.90. The summed E-state index contributed by atoms with van der Waals surface area (Å²) in [6, 6.07) is 8.86. The van der Waals surface area contributed by atoms with Crippen LogP contribution in [0.3, 0.4) is 0 Å². The fourth-order valence-corrected chi connectivity index (χ4v) is 1.69. The summed E-state index contributed by atoms with van der Waals surface area (Å²) in [7, 11) is 0. The van der Waals surface area contributed by atoms with Gasteiger partial charge in [-0.25, -0.2) is 4.98 Å². The summed E-state index contributed by atoms with van der Waals surface area (Å²) in [6.07, 6.45) is 1.63. The van der Waals surface area contributed by atoms with E-state index >= 15 is 0 Å². The molecule has 5 heteroatoms. The molecule has 0 spiro atoms. The zero-order valence-corrected chi connectivity index (χ0v) is 10.3. The Morgan fingerprint density at radius 2 is 1.62 bits per heavy atom. The molecule has 0 aliphatic rings. The molecule has 2 rings (SSSR count). The minimum Gasteiger partial charge on any atom is -0.355 e. The van der Waals surface area contributed by atoms with Crippen LogP contribution in [0.4, 0.5) is 11.4 Å². The summed E-state index contributed by atoms with van der Waals surface area (Å²) in [5, 5.41) is 4.61. The van der Waals surface area contributed by atoms with Crippen LogP contribution >= 0.6 is 34.8 Å². The van der Waals surface area contributed by atoms with Crippen molar-refractivity contribution in [1.29, 1.82) is 0 Å². The molecule has 0 saturated carbocycles. The van der Waals surface area contributed by atoms with E-state index in [4.69, 9.17) is 34.8 Å². The highest BCUT2D eigenvalue weighted by atomic mass is 35.5. The van der Waals surface area contributed by atoms with Crippen molar-refractivity contribution in [3.8, 4) is 0 Å². The van der Waals surface area contributed by atoms with E-state index in [1.54, 1.807) is 24.4 Å². The molecule has 0 amide bonds. The lowest BCUT2D eigenvalue weighted by molar-refractivity contribution is 1.32. The van der Waals surface area contributed by atoms with E-state index in [1.807, 2.05) is 12.1 Å². The number of anilines is 2. The molecule has 0 bridgehead atoms. The summed E-state index contributed by atoms with van der Waals surface area (Å²) >= 11 is 17.5. The second-order valence-corrected chi connectivity index (χ2v) is 4.32. The Labute approximate surface area is 108 Å². The topological polar surface area (TPSA) is 24.9 Å². The van der Waals surface area contributed by atoms with Gasteiger partial charge in [0.25, 0.3) is 0 Å². The Morgan fingerprint density at radius 1 is 0.875 bits per heavy atom. The van der Waals surface area contributed by atoms with E-state index in [0.29, 0.717) is 15.2 Å². The van der Waals surface area contributed by atoms with Crippen molar-refractivity contribution in [2.45, 2.75) is 0 Å². The number of benzene rings is 1. The smallest absolute Gasteiger partial charge is 0.131 e. The molecule has 1 aromatic heterocycles. The molecule has 82 valence electrons. The van der Waals surface area contributed by atoms with Gasteiger partial charge in [0.15, 0.2) is 0 Å². The molecule has 0 saturated heterocycles. The number of pyridine rings is 1. The number of aromatic nitrogens is 1. The number of hydrogen-bond donors (Lipinski definition) is 1. The van der Waals surface area contributed by atoms with E-state index in [9.17, 15) is 0 Å². The maximum atomic E-state index is 5.90. The minimum atomic E-state index is 0.435. The summed E-state index contributed by atoms with van der Waals surface area (Å²) in [5.41, 5.74) is 1.69. The van der Waals surface area contributed by atoms with Crippen LogP contribution in [0.5, 0.6) is 0 Å². The van der Waals surface area contributed by atoms with Gasteiger partial charge in [0.2, 0.25) is 0 Å². The quantitative estimate of drug-likeness (QED) is 0.796. The van der Waals surface area contributed by atoms with Crippen LogP contribution in [0.25, 0.3) is 0 Å². The fraction of sp³-hybridized carbons (Fsp3) is 0. The van der Waals surface area contributed by atoms with E-state index in [1.165, 1.54) is 0 Å². The molecular weight excluding hydrogens is 266 g/mol. The monoisotopic (exact) mass is 272 g/mol. The van der Waals surface area contributed by atoms with Crippen molar-refractivity contribution in [3.05, 3.63) is 51.7 Å². The summed E-state index contributed by atoms with van der Waals surface area (Å²) in [6.45, 7) is 0. The van der Waals surface area contributed by atoms with E-state index in [0.717, 1.165) is 11.4 Å². The van der Waals surface area contributed by atoms with Crippen LogP contribution < -0.4 is 5.32 Å². The molecule has 16 heavy (non-hydrogen) atoms. The third kappa shape index (κ3) is 2.79. The van der Waals surface area contributed by atoms with Gasteiger partial charge in [-0.05, 0) is 30.3 Å². The third-order valence-corrected chi connectivity index (χ3v) is 2.88. The van der Waals surface area contributed by atoms with Gasteiger partial charge in [0, 0.05) is 17.6 Å². The first-order valence-corrected chi connectivity index (χ1v) is 5.62. The van der Waals surface area contributed by atoms with Crippen LogP contribution in [0, 0.1) is 0 Å². The molecule has 1 aromatic carbocycles. The zero-order chi connectivity index (χ0) is 11.5. The van der Waals surface area contributed by atoms with Crippen LogP contribution in [0.1, 0.15) is 0 Å². The summed E-state index contributed by atoms with van der Waals surface area (Å²) in [4.78, 5) is 3.89. The highest BCUT2D eigenvalue weighted by Gasteiger charge is 2.00. The van der Waals surface area contributed by atoms with Gasteiger partial charge in [0.05, 0.1) is 10.0 Å². The van der Waals surface area contributed by atoms with E-state index in [-0.39, 0.29) is 0 Å². The van der Waals surface area contributed by atoms with E-state index in [2.05, 4.69) is 10.3 Å². The molecular formula is C11H7Cl3N2. The van der Waals surface area contributed by atoms with E-state index < -0.39 is 0 Å². The lowest BCUT2D eigenvalue weighted by Gasteiger charge is -2.07. The first-order chi connectivity index (χ1) is 7.65.